The van der Waals surface area contributed by atoms with Crippen LogP contribution in [0.15, 0.2) is 48.5 Å². The predicted molar refractivity (Wildman–Crippen MR) is 105 cm³/mol. The van der Waals surface area contributed by atoms with Gasteiger partial charge in [-0.25, -0.2) is 0 Å². The second-order valence-electron chi connectivity index (χ2n) is 7.65. The molecule has 1 saturated heterocycles. The summed E-state index contributed by atoms with van der Waals surface area (Å²) in [6.07, 6.45) is 3.11. The fourth-order valence-electron chi connectivity index (χ4n) is 4.37. The lowest BCUT2D eigenvalue weighted by Gasteiger charge is -2.39. The average molecular weight is 379 g/mol. The van der Waals surface area contributed by atoms with Gasteiger partial charge in [-0.15, -0.1) is 0 Å². The fourth-order valence-corrected chi connectivity index (χ4v) is 4.37. The van der Waals surface area contributed by atoms with E-state index in [-0.39, 0.29) is 24.6 Å². The van der Waals surface area contributed by atoms with Gasteiger partial charge in [-0.2, -0.15) is 0 Å². The first kappa shape index (κ1) is 18.5. The molecule has 2 heterocycles. The lowest BCUT2D eigenvalue weighted by molar-refractivity contribution is -0.155. The van der Waals surface area contributed by atoms with Gasteiger partial charge in [0.05, 0.1) is 0 Å². The van der Waals surface area contributed by atoms with E-state index in [2.05, 4.69) is 13.8 Å². The van der Waals surface area contributed by atoms with Gasteiger partial charge in [0.1, 0.15) is 17.4 Å². The highest BCUT2D eigenvalue weighted by atomic mass is 16.5. The van der Waals surface area contributed by atoms with Crippen molar-refractivity contribution in [3.8, 4) is 11.5 Å². The summed E-state index contributed by atoms with van der Waals surface area (Å²) in [5.41, 5.74) is 1.52. The lowest BCUT2D eigenvalue weighted by Crippen LogP contribution is -2.49. The van der Waals surface area contributed by atoms with E-state index in [1.165, 1.54) is 0 Å². The predicted octanol–water partition coefficient (Wildman–Crippen LogP) is 4.26. The minimum absolute atomic E-state index is 0.123. The number of benzene rings is 2. The number of ether oxygens (including phenoxy) is 2. The molecule has 0 bridgehead atoms. The first-order valence-corrected chi connectivity index (χ1v) is 9.89. The van der Waals surface area contributed by atoms with Crippen molar-refractivity contribution in [3.63, 3.8) is 0 Å². The van der Waals surface area contributed by atoms with E-state index in [1.54, 1.807) is 0 Å². The van der Waals surface area contributed by atoms with Crippen LogP contribution < -0.4 is 4.74 Å². The van der Waals surface area contributed by atoms with Gasteiger partial charge in [-0.05, 0) is 45.2 Å². The largest absolute Gasteiger partial charge is 0.457 e. The van der Waals surface area contributed by atoms with Crippen molar-refractivity contribution >= 4 is 11.9 Å². The van der Waals surface area contributed by atoms with Crippen LogP contribution >= 0.6 is 0 Å². The summed E-state index contributed by atoms with van der Waals surface area (Å²) in [6, 6.07) is 15.3. The van der Waals surface area contributed by atoms with Gasteiger partial charge in [0.25, 0.3) is 5.91 Å². The van der Waals surface area contributed by atoms with Gasteiger partial charge in [-0.1, -0.05) is 36.4 Å². The second-order valence-corrected chi connectivity index (χ2v) is 7.65. The molecule has 146 valence electrons. The van der Waals surface area contributed by atoms with Crippen LogP contribution in [0.25, 0.3) is 0 Å². The number of likely N-dealkylation sites (tertiary alicyclic amines) is 1. The Kier molecular flexibility index (Phi) is 5.07. The van der Waals surface area contributed by atoms with Crippen molar-refractivity contribution in [2.45, 2.75) is 51.1 Å². The third-order valence-corrected chi connectivity index (χ3v) is 5.74. The Hall–Kier alpha value is -2.82. The lowest BCUT2D eigenvalue weighted by atomic mass is 9.88. The van der Waals surface area contributed by atoms with E-state index in [9.17, 15) is 9.59 Å². The van der Waals surface area contributed by atoms with Crippen LogP contribution in [-0.4, -0.2) is 35.5 Å². The van der Waals surface area contributed by atoms with Crippen molar-refractivity contribution < 1.29 is 19.1 Å². The molecular formula is C23H25NO4. The van der Waals surface area contributed by atoms with Gasteiger partial charge in [0.2, 0.25) is 0 Å². The molecule has 0 radical (unpaired) electrons. The normalized spacial score (nSPS) is 21.3. The Morgan fingerprint density at radius 2 is 1.50 bits per heavy atom. The third kappa shape index (κ3) is 3.37. The molecule has 0 aromatic heterocycles. The molecule has 2 aliphatic rings. The number of fused-ring (bicyclic) bond motifs is 2. The molecule has 28 heavy (non-hydrogen) atoms. The quantitative estimate of drug-likeness (QED) is 0.748. The maximum absolute atomic E-state index is 13.0. The molecule has 2 aromatic rings. The molecule has 2 aromatic carbocycles. The van der Waals surface area contributed by atoms with Crippen molar-refractivity contribution in [2.24, 2.45) is 0 Å². The smallest absolute Gasteiger partial charge is 0.318 e. The number of amides is 1. The number of carbonyl (C=O) groups is 2. The number of rotatable bonds is 3. The van der Waals surface area contributed by atoms with E-state index in [0.717, 1.165) is 30.4 Å². The van der Waals surface area contributed by atoms with Crippen molar-refractivity contribution in [1.82, 2.24) is 4.90 Å². The number of nitrogens with zero attached hydrogens (tertiary/aromatic N) is 1. The van der Waals surface area contributed by atoms with Crippen LogP contribution in [0, 0.1) is 0 Å². The average Bonchev–Trinajstić information content (AvgIpc) is 2.70. The number of para-hydroxylation sites is 2. The van der Waals surface area contributed by atoms with E-state index in [4.69, 9.17) is 9.47 Å². The summed E-state index contributed by atoms with van der Waals surface area (Å²) >= 11 is 0. The van der Waals surface area contributed by atoms with Crippen LogP contribution in [0.5, 0.6) is 11.5 Å². The molecule has 2 unspecified atom stereocenters. The Balaban J connectivity index is 1.53. The van der Waals surface area contributed by atoms with Crippen LogP contribution in [0.2, 0.25) is 0 Å². The minimum atomic E-state index is -0.592. The van der Waals surface area contributed by atoms with Crippen LogP contribution in [-0.2, 0) is 14.3 Å². The molecule has 1 fully saturated rings. The third-order valence-electron chi connectivity index (χ3n) is 5.74. The molecule has 0 spiro atoms. The van der Waals surface area contributed by atoms with E-state index in [1.807, 2.05) is 53.4 Å². The Bertz CT molecular complexity index is 838. The number of esters is 1. The SMILES string of the molecule is CC1CCCC(C)N1C(=O)COC(=O)C1c2ccccc2Oc2ccccc21. The zero-order valence-corrected chi connectivity index (χ0v) is 16.3. The fraction of sp³-hybridized carbons (Fsp3) is 0.391. The molecule has 2 atom stereocenters. The number of carbonyl (C=O) groups excluding carboxylic acids is 2. The second kappa shape index (κ2) is 7.66. The number of hydrogen-bond donors (Lipinski definition) is 0. The molecule has 5 heteroatoms. The maximum Gasteiger partial charge on any atom is 0.318 e. The highest BCUT2D eigenvalue weighted by Crippen LogP contribution is 2.44. The highest BCUT2D eigenvalue weighted by Gasteiger charge is 2.35. The molecule has 4 rings (SSSR count). The standard InChI is InChI=1S/C23H25NO4/c1-15-8-7-9-16(2)24(15)21(25)14-27-23(26)22-17-10-3-5-12-19(17)28-20-13-6-4-11-18(20)22/h3-6,10-13,15-16,22H,7-9,14H2,1-2H3. The summed E-state index contributed by atoms with van der Waals surface area (Å²) in [5.74, 6) is 0.154. The number of hydrogen-bond acceptors (Lipinski definition) is 4. The van der Waals surface area contributed by atoms with Gasteiger partial charge in [0.15, 0.2) is 6.61 Å². The van der Waals surface area contributed by atoms with Crippen molar-refractivity contribution in [1.29, 1.82) is 0 Å². The Morgan fingerprint density at radius 3 is 2.07 bits per heavy atom. The molecule has 0 N–H and O–H groups in total. The summed E-state index contributed by atoms with van der Waals surface area (Å²) < 4.78 is 11.4. The van der Waals surface area contributed by atoms with E-state index < -0.39 is 11.9 Å². The first-order valence-electron chi connectivity index (χ1n) is 9.89. The maximum atomic E-state index is 13.0. The minimum Gasteiger partial charge on any atom is -0.457 e. The van der Waals surface area contributed by atoms with Crippen molar-refractivity contribution in [3.05, 3.63) is 59.7 Å². The molecule has 0 aliphatic carbocycles. The number of piperidine rings is 1. The monoisotopic (exact) mass is 379 g/mol. The van der Waals surface area contributed by atoms with Crippen LogP contribution in [0.1, 0.15) is 50.2 Å². The van der Waals surface area contributed by atoms with Gasteiger partial charge in [0, 0.05) is 23.2 Å². The van der Waals surface area contributed by atoms with Crippen LogP contribution in [0.4, 0.5) is 0 Å². The molecule has 2 aliphatic heterocycles. The summed E-state index contributed by atoms with van der Waals surface area (Å²) in [5, 5.41) is 0. The van der Waals surface area contributed by atoms with Crippen LogP contribution in [0.3, 0.4) is 0 Å². The molecular weight excluding hydrogens is 354 g/mol. The van der Waals surface area contributed by atoms with Crippen molar-refractivity contribution in [2.75, 3.05) is 6.61 Å². The summed E-state index contributed by atoms with van der Waals surface area (Å²) in [4.78, 5) is 27.6. The van der Waals surface area contributed by atoms with Gasteiger partial charge < -0.3 is 14.4 Å². The Labute approximate surface area is 165 Å². The van der Waals surface area contributed by atoms with E-state index >= 15 is 0 Å². The summed E-state index contributed by atoms with van der Waals surface area (Å²) in [6.45, 7) is 3.88. The zero-order chi connectivity index (χ0) is 19.7. The molecule has 5 nitrogen and oxygen atoms in total. The Morgan fingerprint density at radius 1 is 0.964 bits per heavy atom. The molecule has 0 saturated carbocycles. The molecule has 1 amide bonds. The summed E-state index contributed by atoms with van der Waals surface area (Å²) in [7, 11) is 0. The highest BCUT2D eigenvalue weighted by molar-refractivity contribution is 5.88. The first-order chi connectivity index (χ1) is 13.6. The van der Waals surface area contributed by atoms with Gasteiger partial charge >= 0.3 is 5.97 Å². The van der Waals surface area contributed by atoms with E-state index in [0.29, 0.717) is 11.5 Å². The topological polar surface area (TPSA) is 55.8 Å². The zero-order valence-electron chi connectivity index (χ0n) is 16.3. The van der Waals surface area contributed by atoms with Gasteiger partial charge in [-0.3, -0.25) is 9.59 Å².